The van der Waals surface area contributed by atoms with Crippen molar-refractivity contribution in [3.8, 4) is 5.75 Å². The molecule has 50 valence electrons. The summed E-state index contributed by atoms with van der Waals surface area (Å²) in [7, 11) is 0. The topological polar surface area (TPSA) is 45.0 Å². The number of aromatic hydroxyl groups is 1. The Morgan fingerprint density at radius 1 is 1.30 bits per heavy atom. The monoisotopic (exact) mass is 134 g/mol. The van der Waals surface area contributed by atoms with Crippen molar-refractivity contribution in [2.24, 2.45) is 10.2 Å². The summed E-state index contributed by atoms with van der Waals surface area (Å²) in [6.45, 7) is 0. The van der Waals surface area contributed by atoms with Crippen LogP contribution in [0.15, 0.2) is 34.5 Å². The van der Waals surface area contributed by atoms with Gasteiger partial charge in [-0.1, -0.05) is 12.1 Å². The molecule has 1 aliphatic rings. The quantitative estimate of drug-likeness (QED) is 0.625. The molecule has 1 N–H and O–H groups in total. The Morgan fingerprint density at radius 2 is 2.10 bits per heavy atom. The molecular formula is C7H6N2O. The highest BCUT2D eigenvalue weighted by Crippen LogP contribution is 2.31. The lowest BCUT2D eigenvalue weighted by molar-refractivity contribution is 0.474. The Morgan fingerprint density at radius 3 is 2.70 bits per heavy atom. The molecule has 2 rings (SSSR count). The smallest absolute Gasteiger partial charge is 0.206 e. The second-order valence-electron chi connectivity index (χ2n) is 2.20. The largest absolute Gasteiger partial charge is 0.508 e. The molecule has 3 heteroatoms. The van der Waals surface area contributed by atoms with Crippen molar-refractivity contribution >= 4 is 0 Å². The number of phenolic OH excluding ortho intramolecular Hbond substituents is 1. The zero-order valence-electron chi connectivity index (χ0n) is 5.23. The maximum Gasteiger partial charge on any atom is 0.206 e. The van der Waals surface area contributed by atoms with Crippen molar-refractivity contribution in [3.05, 3.63) is 29.8 Å². The molecule has 1 aliphatic heterocycles. The van der Waals surface area contributed by atoms with E-state index in [-0.39, 0.29) is 11.9 Å². The summed E-state index contributed by atoms with van der Waals surface area (Å²) in [5.74, 6) is 0.273. The first kappa shape index (κ1) is 5.41. The minimum Gasteiger partial charge on any atom is -0.508 e. The van der Waals surface area contributed by atoms with E-state index >= 15 is 0 Å². The van der Waals surface area contributed by atoms with Gasteiger partial charge in [0.2, 0.25) is 6.17 Å². The van der Waals surface area contributed by atoms with Crippen molar-refractivity contribution in [2.45, 2.75) is 6.17 Å². The third-order valence-corrected chi connectivity index (χ3v) is 1.40. The number of rotatable bonds is 1. The van der Waals surface area contributed by atoms with Crippen molar-refractivity contribution in [1.29, 1.82) is 0 Å². The van der Waals surface area contributed by atoms with Crippen LogP contribution in [0, 0.1) is 0 Å². The van der Waals surface area contributed by atoms with E-state index in [2.05, 4.69) is 10.2 Å². The third kappa shape index (κ3) is 0.857. The normalized spacial score (nSPS) is 15.6. The SMILES string of the molecule is Oc1cccc(C2N=N2)c1. The van der Waals surface area contributed by atoms with Crippen molar-refractivity contribution < 1.29 is 5.11 Å². The molecule has 1 aromatic carbocycles. The van der Waals surface area contributed by atoms with Gasteiger partial charge < -0.3 is 5.11 Å². The summed E-state index contributed by atoms with van der Waals surface area (Å²) in [5, 5.41) is 16.5. The van der Waals surface area contributed by atoms with Crippen molar-refractivity contribution in [2.75, 3.05) is 0 Å². The van der Waals surface area contributed by atoms with E-state index in [1.807, 2.05) is 6.07 Å². The predicted octanol–water partition coefficient (Wildman–Crippen LogP) is 1.86. The van der Waals surface area contributed by atoms with E-state index in [0.717, 1.165) is 5.56 Å². The summed E-state index contributed by atoms with van der Waals surface area (Å²) in [6.07, 6.45) is -0.00731. The first-order valence-electron chi connectivity index (χ1n) is 3.05. The zero-order valence-corrected chi connectivity index (χ0v) is 5.23. The van der Waals surface area contributed by atoms with E-state index in [1.165, 1.54) is 0 Å². The van der Waals surface area contributed by atoms with Gasteiger partial charge in [0.05, 0.1) is 0 Å². The van der Waals surface area contributed by atoms with Crippen LogP contribution >= 0.6 is 0 Å². The molecule has 0 radical (unpaired) electrons. The van der Waals surface area contributed by atoms with Crippen LogP contribution in [-0.2, 0) is 0 Å². The minimum absolute atomic E-state index is 0.00731. The van der Waals surface area contributed by atoms with Gasteiger partial charge in [-0.15, -0.1) is 0 Å². The van der Waals surface area contributed by atoms with E-state index in [0.29, 0.717) is 0 Å². The number of phenols is 1. The minimum atomic E-state index is -0.00731. The molecule has 0 fully saturated rings. The maximum atomic E-state index is 9.01. The molecule has 0 saturated heterocycles. The molecule has 3 nitrogen and oxygen atoms in total. The van der Waals surface area contributed by atoms with Crippen LogP contribution in [0.25, 0.3) is 0 Å². The van der Waals surface area contributed by atoms with Crippen LogP contribution in [0.2, 0.25) is 0 Å². The van der Waals surface area contributed by atoms with Gasteiger partial charge in [-0.05, 0) is 12.1 Å². The fourth-order valence-corrected chi connectivity index (χ4v) is 0.852. The standard InChI is InChI=1S/C7H6N2O/c10-6-3-1-2-5(4-6)7-8-9-7/h1-4,7,10H. The molecule has 0 atom stereocenters. The van der Waals surface area contributed by atoms with Crippen LogP contribution in [-0.4, -0.2) is 5.11 Å². The first-order chi connectivity index (χ1) is 4.86. The number of hydrogen-bond donors (Lipinski definition) is 1. The maximum absolute atomic E-state index is 9.01. The Bertz CT molecular complexity index is 277. The van der Waals surface area contributed by atoms with Crippen LogP contribution in [0.1, 0.15) is 11.7 Å². The Hall–Kier alpha value is -1.38. The highest BCUT2D eigenvalue weighted by molar-refractivity contribution is 5.30. The lowest BCUT2D eigenvalue weighted by atomic mass is 10.2. The molecule has 0 bridgehead atoms. The number of benzene rings is 1. The summed E-state index contributed by atoms with van der Waals surface area (Å²) in [4.78, 5) is 0. The number of hydrogen-bond acceptors (Lipinski definition) is 3. The van der Waals surface area contributed by atoms with E-state index in [9.17, 15) is 0 Å². The average Bonchev–Trinajstić information content (AvgIpc) is 2.68. The fraction of sp³-hybridized carbons (Fsp3) is 0.143. The molecule has 0 aromatic heterocycles. The molecule has 1 aromatic rings. The van der Waals surface area contributed by atoms with Gasteiger partial charge in [0.25, 0.3) is 0 Å². The van der Waals surface area contributed by atoms with Gasteiger partial charge >= 0.3 is 0 Å². The highest BCUT2D eigenvalue weighted by atomic mass is 16.3. The number of nitrogens with zero attached hydrogens (tertiary/aromatic N) is 2. The zero-order chi connectivity index (χ0) is 6.97. The first-order valence-corrected chi connectivity index (χ1v) is 3.05. The summed E-state index contributed by atoms with van der Waals surface area (Å²) in [5.41, 5.74) is 0.958. The van der Waals surface area contributed by atoms with Crippen LogP contribution in [0.3, 0.4) is 0 Å². The van der Waals surface area contributed by atoms with Crippen LogP contribution < -0.4 is 0 Å². The molecule has 0 aliphatic carbocycles. The van der Waals surface area contributed by atoms with Crippen LogP contribution in [0.4, 0.5) is 0 Å². The van der Waals surface area contributed by atoms with Gasteiger partial charge in [0.15, 0.2) is 0 Å². The third-order valence-electron chi connectivity index (χ3n) is 1.40. The second kappa shape index (κ2) is 1.80. The highest BCUT2D eigenvalue weighted by Gasteiger charge is 2.17. The molecule has 0 unspecified atom stereocenters. The summed E-state index contributed by atoms with van der Waals surface area (Å²) >= 11 is 0. The Balaban J connectivity index is 2.33. The van der Waals surface area contributed by atoms with E-state index in [1.54, 1.807) is 18.2 Å². The summed E-state index contributed by atoms with van der Waals surface area (Å²) < 4.78 is 0. The second-order valence-corrected chi connectivity index (χ2v) is 2.20. The Labute approximate surface area is 58.0 Å². The average molecular weight is 134 g/mol. The van der Waals surface area contributed by atoms with Gasteiger partial charge in [-0.2, -0.15) is 10.2 Å². The fourth-order valence-electron chi connectivity index (χ4n) is 0.852. The van der Waals surface area contributed by atoms with Gasteiger partial charge in [-0.3, -0.25) is 0 Å². The Kier molecular flexibility index (Phi) is 0.974. The van der Waals surface area contributed by atoms with Crippen molar-refractivity contribution in [1.82, 2.24) is 0 Å². The van der Waals surface area contributed by atoms with Crippen molar-refractivity contribution in [3.63, 3.8) is 0 Å². The van der Waals surface area contributed by atoms with E-state index < -0.39 is 0 Å². The summed E-state index contributed by atoms with van der Waals surface area (Å²) in [6, 6.07) is 6.98. The lowest BCUT2D eigenvalue weighted by Gasteiger charge is -1.93. The molecule has 1 heterocycles. The van der Waals surface area contributed by atoms with E-state index in [4.69, 9.17) is 5.11 Å². The predicted molar refractivity (Wildman–Crippen MR) is 35.7 cm³/mol. The lowest BCUT2D eigenvalue weighted by Crippen LogP contribution is -1.77. The van der Waals surface area contributed by atoms with Gasteiger partial charge in [0, 0.05) is 5.56 Å². The molecule has 0 saturated carbocycles. The molecule has 10 heavy (non-hydrogen) atoms. The van der Waals surface area contributed by atoms with Crippen LogP contribution in [0.5, 0.6) is 5.75 Å². The molecule has 0 amide bonds. The molecule has 0 spiro atoms. The van der Waals surface area contributed by atoms with Gasteiger partial charge in [-0.25, -0.2) is 0 Å². The van der Waals surface area contributed by atoms with Gasteiger partial charge in [0.1, 0.15) is 5.75 Å². The molecular weight excluding hydrogens is 128 g/mol.